The Balaban J connectivity index is 2.10. The highest BCUT2D eigenvalue weighted by Crippen LogP contribution is 2.17. The Morgan fingerprint density at radius 2 is 2.18 bits per heavy atom. The van der Waals surface area contributed by atoms with E-state index in [4.69, 9.17) is 5.73 Å². The van der Waals surface area contributed by atoms with Crippen molar-refractivity contribution < 1.29 is 4.39 Å². The van der Waals surface area contributed by atoms with Crippen LogP contribution < -0.4 is 5.73 Å². The Kier molecular flexibility index (Phi) is 3.92. The topological polar surface area (TPSA) is 29.3 Å². The average molecular weight is 234 g/mol. The van der Waals surface area contributed by atoms with Crippen molar-refractivity contribution in [2.45, 2.75) is 26.4 Å². The molecule has 1 aliphatic rings. The molecule has 3 heteroatoms. The fraction of sp³-hybridized carbons (Fsp3) is 0.429. The van der Waals surface area contributed by atoms with E-state index in [2.05, 4.69) is 17.9 Å². The van der Waals surface area contributed by atoms with Gasteiger partial charge < -0.3 is 5.73 Å². The monoisotopic (exact) mass is 234 g/mol. The van der Waals surface area contributed by atoms with Gasteiger partial charge in [-0.2, -0.15) is 0 Å². The third kappa shape index (κ3) is 3.14. The van der Waals surface area contributed by atoms with E-state index in [1.807, 2.05) is 0 Å². The van der Waals surface area contributed by atoms with Crippen molar-refractivity contribution in [3.8, 4) is 0 Å². The Bertz CT molecular complexity index is 426. The number of rotatable bonds is 3. The van der Waals surface area contributed by atoms with E-state index in [0.717, 1.165) is 37.2 Å². The molecule has 17 heavy (non-hydrogen) atoms. The van der Waals surface area contributed by atoms with Crippen LogP contribution in [0.4, 0.5) is 4.39 Å². The number of nitrogens with two attached hydrogens (primary N) is 1. The van der Waals surface area contributed by atoms with Gasteiger partial charge >= 0.3 is 0 Å². The minimum absolute atomic E-state index is 0.180. The summed E-state index contributed by atoms with van der Waals surface area (Å²) in [4.78, 5) is 2.32. The Morgan fingerprint density at radius 1 is 1.35 bits per heavy atom. The van der Waals surface area contributed by atoms with Crippen LogP contribution in [0.5, 0.6) is 0 Å². The van der Waals surface area contributed by atoms with Crippen LogP contribution in [0.3, 0.4) is 0 Å². The predicted octanol–water partition coefficient (Wildman–Crippen LogP) is 2.44. The second kappa shape index (κ2) is 5.43. The molecule has 0 bridgehead atoms. The van der Waals surface area contributed by atoms with Crippen LogP contribution in [0.2, 0.25) is 0 Å². The molecule has 0 fully saturated rings. The first-order valence-electron chi connectivity index (χ1n) is 6.04. The van der Waals surface area contributed by atoms with Gasteiger partial charge in [-0.15, -0.1) is 0 Å². The summed E-state index contributed by atoms with van der Waals surface area (Å²) in [5.74, 6) is -0.180. The molecule has 0 spiro atoms. The van der Waals surface area contributed by atoms with Crippen LogP contribution in [0, 0.1) is 5.82 Å². The van der Waals surface area contributed by atoms with Gasteiger partial charge in [0.25, 0.3) is 0 Å². The van der Waals surface area contributed by atoms with Gasteiger partial charge in [-0.1, -0.05) is 17.7 Å². The summed E-state index contributed by atoms with van der Waals surface area (Å²) in [5, 5.41) is 0. The second-order valence-electron chi connectivity index (χ2n) is 4.65. The molecule has 0 amide bonds. The fourth-order valence-corrected chi connectivity index (χ4v) is 2.14. The molecule has 1 aromatic carbocycles. The Hall–Kier alpha value is -1.19. The molecule has 1 aromatic rings. The number of benzene rings is 1. The molecule has 0 radical (unpaired) electrons. The van der Waals surface area contributed by atoms with E-state index >= 15 is 0 Å². The SMILES string of the molecule is CC1=CCN(Cc2cc(F)ccc2CN)CC1. The zero-order valence-corrected chi connectivity index (χ0v) is 10.2. The van der Waals surface area contributed by atoms with Crippen molar-refractivity contribution in [3.63, 3.8) is 0 Å². The van der Waals surface area contributed by atoms with Crippen LogP contribution in [0.1, 0.15) is 24.5 Å². The van der Waals surface area contributed by atoms with E-state index in [0.29, 0.717) is 6.54 Å². The lowest BCUT2D eigenvalue weighted by Gasteiger charge is -2.26. The van der Waals surface area contributed by atoms with Gasteiger partial charge in [0.2, 0.25) is 0 Å². The normalized spacial score (nSPS) is 17.0. The largest absolute Gasteiger partial charge is 0.326 e. The molecule has 92 valence electrons. The van der Waals surface area contributed by atoms with Gasteiger partial charge in [0, 0.05) is 26.2 Å². The van der Waals surface area contributed by atoms with E-state index in [1.165, 1.54) is 11.6 Å². The first-order chi connectivity index (χ1) is 8.19. The average Bonchev–Trinajstić information content (AvgIpc) is 2.32. The predicted molar refractivity (Wildman–Crippen MR) is 67.9 cm³/mol. The number of halogens is 1. The van der Waals surface area contributed by atoms with E-state index in [1.54, 1.807) is 12.1 Å². The van der Waals surface area contributed by atoms with E-state index in [-0.39, 0.29) is 5.82 Å². The zero-order valence-electron chi connectivity index (χ0n) is 10.2. The summed E-state index contributed by atoms with van der Waals surface area (Å²) >= 11 is 0. The molecule has 0 saturated heterocycles. The fourth-order valence-electron chi connectivity index (χ4n) is 2.14. The highest BCUT2D eigenvalue weighted by molar-refractivity contribution is 5.28. The quantitative estimate of drug-likeness (QED) is 0.814. The molecule has 0 aliphatic carbocycles. The van der Waals surface area contributed by atoms with Gasteiger partial charge in [0.1, 0.15) is 5.82 Å². The zero-order chi connectivity index (χ0) is 12.3. The molecule has 0 aromatic heterocycles. The number of hydrogen-bond acceptors (Lipinski definition) is 2. The van der Waals surface area contributed by atoms with Crippen molar-refractivity contribution in [3.05, 3.63) is 46.8 Å². The van der Waals surface area contributed by atoms with Gasteiger partial charge in [0.05, 0.1) is 0 Å². The van der Waals surface area contributed by atoms with Gasteiger partial charge in [-0.25, -0.2) is 4.39 Å². The molecule has 1 heterocycles. The summed E-state index contributed by atoms with van der Waals surface area (Å²) in [6, 6.07) is 4.87. The molecular weight excluding hydrogens is 215 g/mol. The lowest BCUT2D eigenvalue weighted by atomic mass is 10.0. The highest BCUT2D eigenvalue weighted by atomic mass is 19.1. The van der Waals surface area contributed by atoms with Crippen molar-refractivity contribution >= 4 is 0 Å². The lowest BCUT2D eigenvalue weighted by Crippen LogP contribution is -2.28. The van der Waals surface area contributed by atoms with Crippen LogP contribution in [-0.2, 0) is 13.1 Å². The van der Waals surface area contributed by atoms with Gasteiger partial charge in [-0.3, -0.25) is 4.90 Å². The maximum atomic E-state index is 13.2. The summed E-state index contributed by atoms with van der Waals surface area (Å²) < 4.78 is 13.2. The molecule has 2 rings (SSSR count). The Morgan fingerprint density at radius 3 is 2.82 bits per heavy atom. The third-order valence-electron chi connectivity index (χ3n) is 3.30. The third-order valence-corrected chi connectivity index (χ3v) is 3.30. The molecule has 0 unspecified atom stereocenters. The molecule has 2 N–H and O–H groups in total. The molecule has 0 atom stereocenters. The van der Waals surface area contributed by atoms with Crippen LogP contribution in [0.15, 0.2) is 29.8 Å². The van der Waals surface area contributed by atoms with Crippen molar-refractivity contribution in [2.24, 2.45) is 5.73 Å². The standard InChI is InChI=1S/C14H19FN2/c1-11-4-6-17(7-5-11)10-13-8-14(15)3-2-12(13)9-16/h2-4,8H,5-7,9-10,16H2,1H3. The molecule has 1 aliphatic heterocycles. The van der Waals surface area contributed by atoms with Gasteiger partial charge in [0.15, 0.2) is 0 Å². The number of hydrogen-bond donors (Lipinski definition) is 1. The second-order valence-corrected chi connectivity index (χ2v) is 4.65. The van der Waals surface area contributed by atoms with E-state index < -0.39 is 0 Å². The van der Waals surface area contributed by atoms with Crippen molar-refractivity contribution in [2.75, 3.05) is 13.1 Å². The lowest BCUT2D eigenvalue weighted by molar-refractivity contribution is 0.285. The summed E-state index contributed by atoms with van der Waals surface area (Å²) in [6.07, 6.45) is 3.35. The van der Waals surface area contributed by atoms with Crippen LogP contribution in [-0.4, -0.2) is 18.0 Å². The summed E-state index contributed by atoms with van der Waals surface area (Å²) in [6.45, 7) is 5.41. The van der Waals surface area contributed by atoms with Crippen molar-refractivity contribution in [1.82, 2.24) is 4.90 Å². The first-order valence-corrected chi connectivity index (χ1v) is 6.04. The molecular formula is C14H19FN2. The number of nitrogens with zero attached hydrogens (tertiary/aromatic N) is 1. The minimum atomic E-state index is -0.180. The summed E-state index contributed by atoms with van der Waals surface area (Å²) in [7, 11) is 0. The van der Waals surface area contributed by atoms with E-state index in [9.17, 15) is 4.39 Å². The van der Waals surface area contributed by atoms with Crippen molar-refractivity contribution in [1.29, 1.82) is 0 Å². The molecule has 2 nitrogen and oxygen atoms in total. The summed E-state index contributed by atoms with van der Waals surface area (Å²) in [5.41, 5.74) is 9.17. The minimum Gasteiger partial charge on any atom is -0.326 e. The highest BCUT2D eigenvalue weighted by Gasteiger charge is 2.12. The maximum Gasteiger partial charge on any atom is 0.123 e. The maximum absolute atomic E-state index is 13.2. The van der Waals surface area contributed by atoms with Gasteiger partial charge in [-0.05, 0) is 36.6 Å². The first kappa shape index (κ1) is 12.3. The van der Waals surface area contributed by atoms with Crippen LogP contribution in [0.25, 0.3) is 0 Å². The smallest absolute Gasteiger partial charge is 0.123 e. The molecule has 0 saturated carbocycles. The Labute approximate surface area is 102 Å². The van der Waals surface area contributed by atoms with Crippen LogP contribution >= 0.6 is 0 Å².